The molecule has 0 spiro atoms. The minimum atomic E-state index is -1.13. The van der Waals surface area contributed by atoms with E-state index in [1.54, 1.807) is 0 Å². The first-order chi connectivity index (χ1) is 8.56. The zero-order valence-electron chi connectivity index (χ0n) is 9.58. The number of halogens is 2. The van der Waals surface area contributed by atoms with Crippen molar-refractivity contribution in [3.63, 3.8) is 0 Å². The highest BCUT2D eigenvalue weighted by molar-refractivity contribution is 6.21. The Morgan fingerprint density at radius 1 is 1.00 bits per heavy atom. The molecule has 2 N–H and O–H groups in total. The van der Waals surface area contributed by atoms with Gasteiger partial charge in [0.1, 0.15) is 0 Å². The van der Waals surface area contributed by atoms with Crippen molar-refractivity contribution in [2.75, 3.05) is 13.1 Å². The molecule has 0 saturated heterocycles. The predicted molar refractivity (Wildman–Crippen MR) is 60.0 cm³/mol. The van der Waals surface area contributed by atoms with Gasteiger partial charge in [0.15, 0.2) is 11.6 Å². The Hall–Kier alpha value is -1.82. The van der Waals surface area contributed by atoms with Crippen LogP contribution in [0.5, 0.6) is 0 Å². The summed E-state index contributed by atoms with van der Waals surface area (Å²) in [4.78, 5) is 24.7. The van der Waals surface area contributed by atoms with Gasteiger partial charge in [0.25, 0.3) is 11.8 Å². The number of imide groups is 1. The minimum absolute atomic E-state index is 0.0772. The van der Waals surface area contributed by atoms with Crippen molar-refractivity contribution in [1.82, 2.24) is 4.90 Å². The molecule has 0 aromatic heterocycles. The monoisotopic (exact) mass is 254 g/mol. The van der Waals surface area contributed by atoms with Gasteiger partial charge in [0.2, 0.25) is 0 Å². The van der Waals surface area contributed by atoms with Crippen molar-refractivity contribution in [1.29, 1.82) is 0 Å². The molecule has 96 valence electrons. The molecule has 1 aromatic rings. The molecule has 2 amide bonds. The maximum absolute atomic E-state index is 13.0. The minimum Gasteiger partial charge on any atom is -0.330 e. The summed E-state index contributed by atoms with van der Waals surface area (Å²) in [6.07, 6.45) is 1.25. The van der Waals surface area contributed by atoms with E-state index in [1.165, 1.54) is 0 Å². The van der Waals surface area contributed by atoms with Gasteiger partial charge in [0, 0.05) is 6.54 Å². The second-order valence-corrected chi connectivity index (χ2v) is 4.07. The van der Waals surface area contributed by atoms with Crippen LogP contribution in [0.3, 0.4) is 0 Å². The van der Waals surface area contributed by atoms with Crippen molar-refractivity contribution in [3.8, 4) is 0 Å². The Balaban J connectivity index is 2.26. The molecule has 0 aliphatic carbocycles. The Labute approximate surface area is 102 Å². The van der Waals surface area contributed by atoms with E-state index in [2.05, 4.69) is 0 Å². The van der Waals surface area contributed by atoms with Crippen LogP contribution >= 0.6 is 0 Å². The lowest BCUT2D eigenvalue weighted by Gasteiger charge is -2.12. The van der Waals surface area contributed by atoms with Crippen molar-refractivity contribution in [2.24, 2.45) is 5.73 Å². The number of carbonyl (C=O) groups excluding carboxylic acids is 2. The molecule has 4 nitrogen and oxygen atoms in total. The Bertz CT molecular complexity index is 476. The van der Waals surface area contributed by atoms with Gasteiger partial charge in [-0.15, -0.1) is 0 Å². The second-order valence-electron chi connectivity index (χ2n) is 4.07. The van der Waals surface area contributed by atoms with E-state index in [0.29, 0.717) is 19.4 Å². The smallest absolute Gasteiger partial charge is 0.261 e. The number of fused-ring (bicyclic) bond motifs is 1. The number of hydrogen-bond acceptors (Lipinski definition) is 3. The highest BCUT2D eigenvalue weighted by Gasteiger charge is 2.36. The number of rotatable bonds is 4. The number of nitrogens with two attached hydrogens (primary N) is 1. The van der Waals surface area contributed by atoms with Crippen LogP contribution < -0.4 is 5.73 Å². The second kappa shape index (κ2) is 4.81. The summed E-state index contributed by atoms with van der Waals surface area (Å²) in [7, 11) is 0. The summed E-state index contributed by atoms with van der Waals surface area (Å²) in [5.74, 6) is -3.41. The first-order valence-electron chi connectivity index (χ1n) is 5.61. The number of amides is 2. The van der Waals surface area contributed by atoms with Crippen molar-refractivity contribution in [2.45, 2.75) is 12.8 Å². The molecular weight excluding hydrogens is 242 g/mol. The van der Waals surface area contributed by atoms with Crippen LogP contribution in [0.1, 0.15) is 33.6 Å². The van der Waals surface area contributed by atoms with Crippen molar-refractivity contribution < 1.29 is 18.4 Å². The topological polar surface area (TPSA) is 63.4 Å². The van der Waals surface area contributed by atoms with Gasteiger partial charge in [-0.25, -0.2) is 8.78 Å². The average Bonchev–Trinajstić information content (AvgIpc) is 2.56. The van der Waals surface area contributed by atoms with E-state index in [9.17, 15) is 18.4 Å². The third kappa shape index (κ3) is 1.99. The zero-order valence-corrected chi connectivity index (χ0v) is 9.58. The Morgan fingerprint density at radius 3 is 1.94 bits per heavy atom. The molecular formula is C12H12F2N2O2. The summed E-state index contributed by atoms with van der Waals surface area (Å²) in [6, 6.07) is 1.54. The van der Waals surface area contributed by atoms with Crippen LogP contribution in [-0.4, -0.2) is 29.8 Å². The van der Waals surface area contributed by atoms with Gasteiger partial charge in [-0.2, -0.15) is 0 Å². The first-order valence-corrected chi connectivity index (χ1v) is 5.61. The highest BCUT2D eigenvalue weighted by atomic mass is 19.2. The molecule has 0 unspecified atom stereocenters. The fraction of sp³-hybridized carbons (Fsp3) is 0.333. The third-order valence-electron chi connectivity index (χ3n) is 2.85. The molecule has 0 radical (unpaired) electrons. The van der Waals surface area contributed by atoms with E-state index >= 15 is 0 Å². The van der Waals surface area contributed by atoms with Gasteiger partial charge >= 0.3 is 0 Å². The van der Waals surface area contributed by atoms with Crippen LogP contribution in [0, 0.1) is 11.6 Å². The summed E-state index contributed by atoms with van der Waals surface area (Å²) in [5.41, 5.74) is 5.16. The van der Waals surface area contributed by atoms with E-state index in [4.69, 9.17) is 5.73 Å². The Morgan fingerprint density at radius 2 is 1.50 bits per heavy atom. The number of unbranched alkanes of at least 4 members (excludes halogenated alkanes) is 1. The largest absolute Gasteiger partial charge is 0.330 e. The lowest BCUT2D eigenvalue weighted by atomic mass is 10.1. The third-order valence-corrected chi connectivity index (χ3v) is 2.85. The maximum atomic E-state index is 13.0. The fourth-order valence-electron chi connectivity index (χ4n) is 1.90. The zero-order chi connectivity index (χ0) is 13.3. The summed E-state index contributed by atoms with van der Waals surface area (Å²) >= 11 is 0. The van der Waals surface area contributed by atoms with E-state index in [0.717, 1.165) is 17.0 Å². The molecule has 1 aliphatic rings. The molecule has 1 aliphatic heterocycles. The molecule has 1 aromatic carbocycles. The molecule has 2 rings (SSSR count). The molecule has 0 fully saturated rings. The highest BCUT2D eigenvalue weighted by Crippen LogP contribution is 2.25. The molecule has 0 saturated carbocycles. The lowest BCUT2D eigenvalue weighted by Crippen LogP contribution is -2.30. The molecule has 1 heterocycles. The summed E-state index contributed by atoms with van der Waals surface area (Å²) < 4.78 is 26.1. The summed E-state index contributed by atoms with van der Waals surface area (Å²) in [6.45, 7) is 0.680. The number of nitrogens with zero attached hydrogens (tertiary/aromatic N) is 1. The number of benzene rings is 1. The van der Waals surface area contributed by atoms with Crippen LogP contribution in [0.25, 0.3) is 0 Å². The molecule has 6 heteroatoms. The van der Waals surface area contributed by atoms with Crippen LogP contribution in [-0.2, 0) is 0 Å². The average molecular weight is 254 g/mol. The van der Waals surface area contributed by atoms with Gasteiger partial charge in [-0.1, -0.05) is 0 Å². The molecule has 0 bridgehead atoms. The maximum Gasteiger partial charge on any atom is 0.261 e. The van der Waals surface area contributed by atoms with Crippen molar-refractivity contribution in [3.05, 3.63) is 34.9 Å². The van der Waals surface area contributed by atoms with Crippen LogP contribution in [0.4, 0.5) is 8.78 Å². The normalized spacial score (nSPS) is 14.3. The fourth-order valence-corrected chi connectivity index (χ4v) is 1.90. The van der Waals surface area contributed by atoms with Crippen LogP contribution in [0.2, 0.25) is 0 Å². The Kier molecular flexibility index (Phi) is 3.38. The first kappa shape index (κ1) is 12.6. The van der Waals surface area contributed by atoms with Crippen LogP contribution in [0.15, 0.2) is 12.1 Å². The number of hydrogen-bond donors (Lipinski definition) is 1. The predicted octanol–water partition coefficient (Wildman–Crippen LogP) is 1.30. The van der Waals surface area contributed by atoms with Gasteiger partial charge < -0.3 is 5.73 Å². The van der Waals surface area contributed by atoms with E-state index in [1.807, 2.05) is 0 Å². The SMILES string of the molecule is NCCCCN1C(=O)c2cc(F)c(F)cc2C1=O. The standard InChI is InChI=1S/C12H12F2N2O2/c13-9-5-7-8(6-10(9)14)12(18)16(11(7)17)4-2-1-3-15/h5-6H,1-4,15H2. The van der Waals surface area contributed by atoms with Crippen molar-refractivity contribution >= 4 is 11.8 Å². The van der Waals surface area contributed by atoms with Gasteiger partial charge in [0.05, 0.1) is 11.1 Å². The van der Waals surface area contributed by atoms with Gasteiger partial charge in [-0.3, -0.25) is 14.5 Å². The molecule has 0 atom stereocenters. The molecule has 18 heavy (non-hydrogen) atoms. The number of carbonyl (C=O) groups is 2. The van der Waals surface area contributed by atoms with E-state index < -0.39 is 23.4 Å². The lowest BCUT2D eigenvalue weighted by molar-refractivity contribution is 0.0652. The summed E-state index contributed by atoms with van der Waals surface area (Å²) in [5, 5.41) is 0. The van der Waals surface area contributed by atoms with Gasteiger partial charge in [-0.05, 0) is 31.5 Å². The van der Waals surface area contributed by atoms with E-state index in [-0.39, 0.29) is 17.7 Å². The quantitative estimate of drug-likeness (QED) is 0.650.